The molecule has 1 heterocycles. The van der Waals surface area contributed by atoms with Gasteiger partial charge < -0.3 is 10.4 Å². The fraction of sp³-hybridized carbons (Fsp3) is 0.100. The first-order chi connectivity index (χ1) is 7.08. The number of carboxylic acids is 1. The van der Waals surface area contributed by atoms with E-state index in [2.05, 4.69) is 16.9 Å². The number of carboxylic acid groups (broad SMARTS) is 1. The molecule has 0 aromatic carbocycles. The molecule has 0 bridgehead atoms. The van der Waals surface area contributed by atoms with Gasteiger partial charge in [0.05, 0.1) is 11.3 Å². The molecule has 0 aliphatic carbocycles. The van der Waals surface area contributed by atoms with Gasteiger partial charge in [0.1, 0.15) is 5.69 Å². The molecule has 2 N–H and O–H groups in total. The molecule has 0 saturated carbocycles. The molecule has 1 aromatic heterocycles. The molecular weight excluding hydrogens is 196 g/mol. The number of nitrogens with one attached hydrogen (secondary N) is 1. The Hall–Kier alpha value is -2.17. The molecular formula is C10H10N2O3. The van der Waals surface area contributed by atoms with Crippen LogP contribution in [0.1, 0.15) is 26.5 Å². The van der Waals surface area contributed by atoms with Crippen LogP contribution >= 0.6 is 0 Å². The van der Waals surface area contributed by atoms with Crippen LogP contribution in [0, 0.1) is 0 Å². The second-order valence-electron chi connectivity index (χ2n) is 2.75. The predicted molar refractivity (Wildman–Crippen MR) is 54.7 cm³/mol. The van der Waals surface area contributed by atoms with Gasteiger partial charge >= 0.3 is 5.97 Å². The second kappa shape index (κ2) is 4.36. The first-order valence-corrected chi connectivity index (χ1v) is 4.18. The Labute approximate surface area is 86.5 Å². The van der Waals surface area contributed by atoms with Crippen molar-refractivity contribution in [3.63, 3.8) is 0 Å². The summed E-state index contributed by atoms with van der Waals surface area (Å²) in [5.41, 5.74) is 0.430. The summed E-state index contributed by atoms with van der Waals surface area (Å²) in [6.07, 6.45) is 1.39. The van der Waals surface area contributed by atoms with Gasteiger partial charge in [-0.3, -0.25) is 4.79 Å². The van der Waals surface area contributed by atoms with Crippen LogP contribution in [0.25, 0.3) is 6.08 Å². The molecule has 15 heavy (non-hydrogen) atoms. The van der Waals surface area contributed by atoms with E-state index in [-0.39, 0.29) is 11.3 Å². The number of pyridine rings is 1. The number of carbonyl (C=O) groups excluding carboxylic acids is 1. The second-order valence-corrected chi connectivity index (χ2v) is 2.75. The average molecular weight is 206 g/mol. The van der Waals surface area contributed by atoms with Crippen LogP contribution in [0.3, 0.4) is 0 Å². The number of nitrogens with zero attached hydrogens (tertiary/aromatic N) is 1. The number of carbonyl (C=O) groups is 2. The Kier molecular flexibility index (Phi) is 3.17. The third-order valence-corrected chi connectivity index (χ3v) is 1.76. The van der Waals surface area contributed by atoms with Gasteiger partial charge in [0, 0.05) is 7.05 Å². The van der Waals surface area contributed by atoms with Crippen LogP contribution in [0.15, 0.2) is 18.7 Å². The lowest BCUT2D eigenvalue weighted by Crippen LogP contribution is -2.20. The molecule has 1 rings (SSSR count). The zero-order valence-corrected chi connectivity index (χ0v) is 8.15. The lowest BCUT2D eigenvalue weighted by molar-refractivity contribution is 0.0696. The van der Waals surface area contributed by atoms with Crippen molar-refractivity contribution in [1.29, 1.82) is 0 Å². The standard InChI is InChI=1S/C10H10N2O3/c1-3-7-4-6(10(14)15)5-8(12-7)9(13)11-2/h3-5H,1H2,2H3,(H,11,13)(H,14,15). The maximum absolute atomic E-state index is 11.3. The normalized spacial score (nSPS) is 9.40. The fourth-order valence-electron chi connectivity index (χ4n) is 1.02. The molecule has 0 spiro atoms. The van der Waals surface area contributed by atoms with Crippen LogP contribution < -0.4 is 5.32 Å². The minimum absolute atomic E-state index is 0.0125. The maximum atomic E-state index is 11.3. The molecule has 0 aliphatic rings. The average Bonchev–Trinajstić information content (AvgIpc) is 2.27. The number of aromatic carboxylic acids is 1. The van der Waals surface area contributed by atoms with Gasteiger partial charge in [0.2, 0.25) is 0 Å². The monoisotopic (exact) mass is 206 g/mol. The van der Waals surface area contributed by atoms with Crippen LogP contribution in [-0.2, 0) is 0 Å². The molecule has 0 unspecified atom stereocenters. The van der Waals surface area contributed by atoms with E-state index >= 15 is 0 Å². The Bertz CT molecular complexity index is 427. The van der Waals surface area contributed by atoms with E-state index in [0.717, 1.165) is 0 Å². The Morgan fingerprint density at radius 3 is 2.67 bits per heavy atom. The summed E-state index contributed by atoms with van der Waals surface area (Å²) < 4.78 is 0. The maximum Gasteiger partial charge on any atom is 0.335 e. The fourth-order valence-corrected chi connectivity index (χ4v) is 1.02. The Morgan fingerprint density at radius 2 is 2.20 bits per heavy atom. The summed E-state index contributed by atoms with van der Waals surface area (Å²) in [5.74, 6) is -1.54. The molecule has 0 radical (unpaired) electrons. The van der Waals surface area contributed by atoms with Crippen molar-refractivity contribution in [1.82, 2.24) is 10.3 Å². The van der Waals surface area contributed by atoms with E-state index in [1.165, 1.54) is 25.3 Å². The molecule has 1 aromatic rings. The lowest BCUT2D eigenvalue weighted by atomic mass is 10.2. The van der Waals surface area contributed by atoms with E-state index < -0.39 is 11.9 Å². The highest BCUT2D eigenvalue weighted by Crippen LogP contribution is 2.07. The highest BCUT2D eigenvalue weighted by atomic mass is 16.4. The molecule has 0 fully saturated rings. The highest BCUT2D eigenvalue weighted by molar-refractivity contribution is 5.96. The Morgan fingerprint density at radius 1 is 1.53 bits per heavy atom. The van der Waals surface area contributed by atoms with E-state index in [1.54, 1.807) is 0 Å². The lowest BCUT2D eigenvalue weighted by Gasteiger charge is -2.02. The van der Waals surface area contributed by atoms with Gasteiger partial charge in [-0.05, 0) is 18.2 Å². The predicted octanol–water partition coefficient (Wildman–Crippen LogP) is 0.782. The first kappa shape index (κ1) is 10.9. The number of hydrogen-bond acceptors (Lipinski definition) is 3. The van der Waals surface area contributed by atoms with Crippen LogP contribution in [-0.4, -0.2) is 29.0 Å². The van der Waals surface area contributed by atoms with E-state index in [1.807, 2.05) is 0 Å². The molecule has 1 amide bonds. The first-order valence-electron chi connectivity index (χ1n) is 4.18. The SMILES string of the molecule is C=Cc1cc(C(=O)O)cc(C(=O)NC)n1. The summed E-state index contributed by atoms with van der Waals surface area (Å²) in [7, 11) is 1.45. The van der Waals surface area contributed by atoms with Crippen LogP contribution in [0.5, 0.6) is 0 Å². The number of rotatable bonds is 3. The quantitative estimate of drug-likeness (QED) is 0.766. The van der Waals surface area contributed by atoms with E-state index in [4.69, 9.17) is 5.11 Å². The topological polar surface area (TPSA) is 79.3 Å². The summed E-state index contributed by atoms with van der Waals surface area (Å²) >= 11 is 0. The van der Waals surface area contributed by atoms with Crippen molar-refractivity contribution in [3.05, 3.63) is 35.7 Å². The minimum Gasteiger partial charge on any atom is -0.478 e. The van der Waals surface area contributed by atoms with Crippen molar-refractivity contribution in [2.24, 2.45) is 0 Å². The van der Waals surface area contributed by atoms with Gasteiger partial charge in [-0.1, -0.05) is 6.58 Å². The third-order valence-electron chi connectivity index (χ3n) is 1.76. The smallest absolute Gasteiger partial charge is 0.335 e. The Balaban J connectivity index is 3.28. The van der Waals surface area contributed by atoms with Crippen molar-refractivity contribution in [2.75, 3.05) is 7.05 Å². The number of amides is 1. The molecule has 5 heteroatoms. The van der Waals surface area contributed by atoms with Crippen molar-refractivity contribution < 1.29 is 14.7 Å². The van der Waals surface area contributed by atoms with E-state index in [0.29, 0.717) is 5.69 Å². The van der Waals surface area contributed by atoms with Crippen molar-refractivity contribution in [2.45, 2.75) is 0 Å². The van der Waals surface area contributed by atoms with Crippen LogP contribution in [0.4, 0.5) is 0 Å². The molecule has 0 saturated heterocycles. The van der Waals surface area contributed by atoms with E-state index in [9.17, 15) is 9.59 Å². The molecule has 78 valence electrons. The highest BCUT2D eigenvalue weighted by Gasteiger charge is 2.11. The van der Waals surface area contributed by atoms with Gasteiger partial charge in [-0.2, -0.15) is 0 Å². The van der Waals surface area contributed by atoms with Gasteiger partial charge in [0.15, 0.2) is 0 Å². The summed E-state index contributed by atoms with van der Waals surface area (Å²) in [4.78, 5) is 25.9. The number of hydrogen-bond donors (Lipinski definition) is 2. The number of aromatic nitrogens is 1. The minimum atomic E-state index is -1.11. The molecule has 0 atom stereocenters. The summed E-state index contributed by atoms with van der Waals surface area (Å²) in [6, 6.07) is 2.57. The van der Waals surface area contributed by atoms with Crippen LogP contribution in [0.2, 0.25) is 0 Å². The van der Waals surface area contributed by atoms with Gasteiger partial charge in [0.25, 0.3) is 5.91 Å². The van der Waals surface area contributed by atoms with Gasteiger partial charge in [-0.15, -0.1) is 0 Å². The van der Waals surface area contributed by atoms with Crippen molar-refractivity contribution in [3.8, 4) is 0 Å². The zero-order valence-electron chi connectivity index (χ0n) is 8.15. The third kappa shape index (κ3) is 2.40. The molecule has 0 aliphatic heterocycles. The zero-order chi connectivity index (χ0) is 11.4. The largest absolute Gasteiger partial charge is 0.478 e. The summed E-state index contributed by atoms with van der Waals surface area (Å²) in [5, 5.41) is 11.2. The van der Waals surface area contributed by atoms with Crippen molar-refractivity contribution >= 4 is 18.0 Å². The molecule has 5 nitrogen and oxygen atoms in total. The summed E-state index contributed by atoms with van der Waals surface area (Å²) in [6.45, 7) is 3.47. The van der Waals surface area contributed by atoms with Gasteiger partial charge in [-0.25, -0.2) is 9.78 Å².